The molecule has 0 saturated carbocycles. The Balaban J connectivity index is -0.000000461. The minimum Gasteiger partial charge on any atom is -1.00 e. The maximum atomic E-state index is 10.5. The van der Waals surface area contributed by atoms with Gasteiger partial charge in [-0.15, -0.1) is 0 Å². The molecule has 0 aromatic heterocycles. The molecule has 0 unspecified atom stereocenters. The summed E-state index contributed by atoms with van der Waals surface area (Å²) in [6.07, 6.45) is 0. The summed E-state index contributed by atoms with van der Waals surface area (Å²) >= 11 is 0. The van der Waals surface area contributed by atoms with Crippen molar-refractivity contribution in [2.75, 3.05) is 0 Å². The molecule has 2 rings (SSSR count). The molecule has 0 radical (unpaired) electrons. The summed E-state index contributed by atoms with van der Waals surface area (Å²) in [4.78, 5) is 6.24. The van der Waals surface area contributed by atoms with Crippen LogP contribution in [0.2, 0.25) is 0 Å². The van der Waals surface area contributed by atoms with Gasteiger partial charge in [0.2, 0.25) is 0 Å². The van der Waals surface area contributed by atoms with Gasteiger partial charge >= 0.3 is 29.6 Å². The van der Waals surface area contributed by atoms with Crippen LogP contribution in [0.15, 0.2) is 68.1 Å². The largest absolute Gasteiger partial charge is 1.00 e. The Bertz CT molecular complexity index is 1080. The minimum atomic E-state index is -4.34. The third-order valence-corrected chi connectivity index (χ3v) is 6.31. The Morgan fingerprint density at radius 2 is 0.548 bits per heavy atom. The number of rotatable bonds is 4. The van der Waals surface area contributed by atoms with Gasteiger partial charge in [-0.1, -0.05) is 0 Å². The molecule has 0 aliphatic heterocycles. The van der Waals surface area contributed by atoms with Crippen molar-refractivity contribution in [3.8, 4) is 0 Å². The molecule has 0 amide bonds. The zero-order valence-electron chi connectivity index (χ0n) is 16.4. The smallest absolute Gasteiger partial charge is 1.00 e. The summed E-state index contributed by atoms with van der Waals surface area (Å²) in [6, 6.07) is 6.99. The van der Waals surface area contributed by atoms with Crippen molar-refractivity contribution >= 4 is 47.3 Å². The number of hydrogen-bond acceptors (Lipinski definition) is 9. The predicted octanol–water partition coefficient (Wildman–Crippen LogP) is -2.71. The van der Waals surface area contributed by atoms with Crippen LogP contribution in [0.1, 0.15) is 1.43 Å². The van der Waals surface area contributed by atoms with E-state index in [0.29, 0.717) is 0 Å². The molecule has 170 valence electrons. The Kier molecular flexibility index (Phi) is 12.5. The fourth-order valence-corrected chi connectivity index (χ4v) is 3.49. The molecule has 31 heavy (non-hydrogen) atoms. The molecule has 0 aliphatic rings. The molecule has 0 heterocycles. The van der Waals surface area contributed by atoms with E-state index in [9.17, 15) is 33.7 Å². The molecule has 18 heteroatoms. The van der Waals surface area contributed by atoms with Crippen LogP contribution >= 0.6 is 0 Å². The van der Waals surface area contributed by atoms with Crippen molar-refractivity contribution in [2.45, 2.75) is 19.6 Å². The fourth-order valence-electron chi connectivity index (χ4n) is 1.57. The van der Waals surface area contributed by atoms with Crippen molar-refractivity contribution in [1.29, 1.82) is 0 Å². The maximum Gasteiger partial charge on any atom is 1.00 e. The number of carbonyl (C=O) groups excluding carboxylic acids is 1. The molecule has 0 bridgehead atoms. The van der Waals surface area contributed by atoms with Gasteiger partial charge in [0, 0.05) is 0 Å². The van der Waals surface area contributed by atoms with Crippen LogP contribution in [0.25, 0.3) is 0 Å². The average Bonchev–Trinajstić information content (AvgIpc) is 2.61. The molecule has 0 atom stereocenters. The van der Waals surface area contributed by atoms with Crippen molar-refractivity contribution in [1.82, 2.24) is 0 Å². The standard InChI is InChI=1S/2C6H6O6S2.CH2O.Na.H/c2*7-13(8,9)5-1-2-6(4-3-5)14(10,11)12;1-2;;/h2*1-4H,(H,7,8,9)(H,10,11,12);1H2;;/q;;;+1;-1. The van der Waals surface area contributed by atoms with Crippen molar-refractivity contribution in [3.63, 3.8) is 0 Å². The van der Waals surface area contributed by atoms with Crippen LogP contribution in [0, 0.1) is 0 Å². The minimum absolute atomic E-state index is 0. The van der Waals surface area contributed by atoms with E-state index in [1.807, 2.05) is 6.79 Å². The van der Waals surface area contributed by atoms with E-state index in [-0.39, 0.29) is 31.0 Å². The molecule has 0 aliphatic carbocycles. The van der Waals surface area contributed by atoms with Crippen molar-refractivity contribution < 1.29 is 87.7 Å². The zero-order chi connectivity index (χ0) is 24.0. The second-order valence-corrected chi connectivity index (χ2v) is 10.5. The number of carbonyl (C=O) groups is 1. The number of hydrogen-bond donors (Lipinski definition) is 4. The first-order valence-electron chi connectivity index (χ1n) is 6.81. The van der Waals surface area contributed by atoms with E-state index in [1.165, 1.54) is 0 Å². The molecule has 2 aromatic rings. The van der Waals surface area contributed by atoms with Crippen LogP contribution in [0.4, 0.5) is 0 Å². The topological polar surface area (TPSA) is 235 Å². The molecule has 2 aromatic carbocycles. The van der Waals surface area contributed by atoms with E-state index in [1.54, 1.807) is 0 Å². The number of benzene rings is 2. The summed E-state index contributed by atoms with van der Waals surface area (Å²) in [5.41, 5.74) is 0. The van der Waals surface area contributed by atoms with Gasteiger partial charge in [0.05, 0.1) is 19.6 Å². The molecule has 0 saturated heterocycles. The van der Waals surface area contributed by atoms with Crippen LogP contribution in [0.5, 0.6) is 0 Å². The molecule has 13 nitrogen and oxygen atoms in total. The van der Waals surface area contributed by atoms with Gasteiger partial charge in [0.15, 0.2) is 0 Å². The van der Waals surface area contributed by atoms with Gasteiger partial charge in [0.25, 0.3) is 40.5 Å². The molecule has 0 spiro atoms. The molecular formula is C13H15NaO13S4. The van der Waals surface area contributed by atoms with Gasteiger partial charge in [-0.2, -0.15) is 33.7 Å². The van der Waals surface area contributed by atoms with Gasteiger partial charge in [-0.25, -0.2) is 0 Å². The predicted molar refractivity (Wildman–Crippen MR) is 100 cm³/mol. The zero-order valence-corrected chi connectivity index (χ0v) is 20.7. The maximum absolute atomic E-state index is 10.5. The molecule has 0 fully saturated rings. The van der Waals surface area contributed by atoms with Gasteiger partial charge in [-0.3, -0.25) is 18.2 Å². The van der Waals surface area contributed by atoms with E-state index < -0.39 is 60.1 Å². The Hall–Kier alpha value is -1.25. The second kappa shape index (κ2) is 12.1. The summed E-state index contributed by atoms with van der Waals surface area (Å²) in [7, 11) is -17.4. The summed E-state index contributed by atoms with van der Waals surface area (Å²) in [6.45, 7) is 2.00. The normalized spacial score (nSPS) is 11.6. The quantitative estimate of drug-likeness (QED) is 0.233. The first-order chi connectivity index (χ1) is 13.4. The first kappa shape index (κ1) is 31.9. The second-order valence-electron chi connectivity index (χ2n) is 4.84. The van der Waals surface area contributed by atoms with Crippen LogP contribution in [0.3, 0.4) is 0 Å². The van der Waals surface area contributed by atoms with Gasteiger partial charge in [-0.05, 0) is 48.5 Å². The van der Waals surface area contributed by atoms with E-state index in [4.69, 9.17) is 23.0 Å². The summed E-state index contributed by atoms with van der Waals surface area (Å²) < 4.78 is 118. The molecule has 4 N–H and O–H groups in total. The van der Waals surface area contributed by atoms with E-state index in [2.05, 4.69) is 0 Å². The SMILES string of the molecule is C=O.O=S(=O)(O)c1ccc(S(=O)(=O)O)cc1.O=S(=O)(O)c1ccc(S(=O)(=O)O)cc1.[H-].[Na+]. The summed E-state index contributed by atoms with van der Waals surface area (Å²) in [5, 5.41) is 0. The van der Waals surface area contributed by atoms with E-state index >= 15 is 0 Å². The molecular weight excluding hydrogens is 515 g/mol. The van der Waals surface area contributed by atoms with Gasteiger partial charge in [0.1, 0.15) is 6.79 Å². The average molecular weight is 531 g/mol. The third-order valence-electron chi connectivity index (χ3n) is 2.84. The van der Waals surface area contributed by atoms with Crippen LogP contribution in [-0.4, -0.2) is 58.7 Å². The Labute approximate surface area is 201 Å². The van der Waals surface area contributed by atoms with Crippen LogP contribution < -0.4 is 29.6 Å². The van der Waals surface area contributed by atoms with Crippen molar-refractivity contribution in [2.24, 2.45) is 0 Å². The fraction of sp³-hybridized carbons (Fsp3) is 0. The Morgan fingerprint density at radius 3 is 0.613 bits per heavy atom. The van der Waals surface area contributed by atoms with E-state index in [0.717, 1.165) is 48.5 Å². The first-order valence-corrected chi connectivity index (χ1v) is 12.6. The van der Waals surface area contributed by atoms with Crippen LogP contribution in [-0.2, 0) is 45.3 Å². The monoisotopic (exact) mass is 530 g/mol. The Morgan fingerprint density at radius 1 is 0.452 bits per heavy atom. The van der Waals surface area contributed by atoms with Crippen molar-refractivity contribution in [3.05, 3.63) is 48.5 Å². The third kappa shape index (κ3) is 11.3. The summed E-state index contributed by atoms with van der Waals surface area (Å²) in [5.74, 6) is 0. The van der Waals surface area contributed by atoms with Gasteiger partial charge < -0.3 is 6.22 Å².